The van der Waals surface area contributed by atoms with Crippen molar-refractivity contribution in [3.05, 3.63) is 19.2 Å². The van der Waals surface area contributed by atoms with Crippen LogP contribution in [0.5, 0.6) is 0 Å². The molecule has 94 valence electrons. The third-order valence-electron chi connectivity index (χ3n) is 2.82. The van der Waals surface area contributed by atoms with Crippen molar-refractivity contribution in [2.24, 2.45) is 0 Å². The Kier molecular flexibility index (Phi) is 4.61. The number of nitrogens with one attached hydrogen (secondary N) is 1. The van der Waals surface area contributed by atoms with Crippen LogP contribution in [0.25, 0.3) is 0 Å². The summed E-state index contributed by atoms with van der Waals surface area (Å²) in [5, 5.41) is 3.03. The van der Waals surface area contributed by atoms with Crippen LogP contribution in [0.15, 0.2) is 13.6 Å². The summed E-state index contributed by atoms with van der Waals surface area (Å²) in [5.41, 5.74) is 0.716. The fraction of sp³-hybridized carbons (Fsp3) is 0.545. The second-order valence-electron chi connectivity index (χ2n) is 4.32. The first kappa shape index (κ1) is 13.9. The van der Waals surface area contributed by atoms with Gasteiger partial charge in [0.2, 0.25) is 0 Å². The standard InChI is InChI=1S/C11H13Br2NOS2/c1-11(3-2-4-16-11)6-14-10(15)7-5-8(12)17-9(7)13/h5H,2-4,6H2,1H3,(H,14,15). The van der Waals surface area contributed by atoms with Gasteiger partial charge < -0.3 is 5.32 Å². The molecule has 1 atom stereocenters. The smallest absolute Gasteiger partial charge is 0.253 e. The predicted molar refractivity (Wildman–Crippen MR) is 82.1 cm³/mol. The third kappa shape index (κ3) is 3.49. The largest absolute Gasteiger partial charge is 0.351 e. The van der Waals surface area contributed by atoms with Crippen LogP contribution >= 0.6 is 55.0 Å². The molecule has 1 aliphatic heterocycles. The van der Waals surface area contributed by atoms with Crippen molar-refractivity contribution in [1.29, 1.82) is 0 Å². The molecule has 2 heterocycles. The summed E-state index contributed by atoms with van der Waals surface area (Å²) in [6.07, 6.45) is 2.44. The molecule has 2 nitrogen and oxygen atoms in total. The van der Waals surface area contributed by atoms with Gasteiger partial charge in [0.25, 0.3) is 5.91 Å². The number of rotatable bonds is 3. The van der Waals surface area contributed by atoms with Crippen LogP contribution in [0.2, 0.25) is 0 Å². The zero-order chi connectivity index (χ0) is 12.5. The van der Waals surface area contributed by atoms with Gasteiger partial charge in [-0.15, -0.1) is 11.3 Å². The lowest BCUT2D eigenvalue weighted by atomic mass is 10.1. The minimum absolute atomic E-state index is 0.00699. The molecule has 1 aliphatic rings. The first-order chi connectivity index (χ1) is 8.00. The van der Waals surface area contributed by atoms with Crippen LogP contribution in [0.3, 0.4) is 0 Å². The Bertz CT molecular complexity index is 427. The van der Waals surface area contributed by atoms with Crippen LogP contribution in [-0.4, -0.2) is 23.0 Å². The maximum Gasteiger partial charge on any atom is 0.253 e. The molecule has 1 saturated heterocycles. The molecule has 6 heteroatoms. The Balaban J connectivity index is 1.95. The third-order valence-corrected chi connectivity index (χ3v) is 6.70. The van der Waals surface area contributed by atoms with E-state index in [0.29, 0.717) is 5.56 Å². The Morgan fingerprint density at radius 1 is 1.59 bits per heavy atom. The molecule has 1 unspecified atom stereocenters. The highest BCUT2D eigenvalue weighted by Gasteiger charge is 2.30. The maximum atomic E-state index is 12.0. The van der Waals surface area contributed by atoms with E-state index in [2.05, 4.69) is 44.1 Å². The summed E-state index contributed by atoms with van der Waals surface area (Å²) in [5.74, 6) is 1.22. The Hall–Kier alpha value is 0.480. The molecular weight excluding hydrogens is 386 g/mol. The monoisotopic (exact) mass is 397 g/mol. The van der Waals surface area contributed by atoms with Crippen LogP contribution in [-0.2, 0) is 0 Å². The Labute approximate surface area is 126 Å². The molecule has 0 aliphatic carbocycles. The average Bonchev–Trinajstić information content (AvgIpc) is 2.83. The van der Waals surface area contributed by atoms with Crippen LogP contribution < -0.4 is 5.32 Å². The Morgan fingerprint density at radius 3 is 2.88 bits per heavy atom. The lowest BCUT2D eigenvalue weighted by molar-refractivity contribution is 0.0949. The van der Waals surface area contributed by atoms with E-state index in [0.717, 1.165) is 14.1 Å². The summed E-state index contributed by atoms with van der Waals surface area (Å²) in [7, 11) is 0. The van der Waals surface area contributed by atoms with E-state index in [1.807, 2.05) is 17.8 Å². The van der Waals surface area contributed by atoms with Gasteiger partial charge >= 0.3 is 0 Å². The molecule has 0 spiro atoms. The van der Waals surface area contributed by atoms with Gasteiger partial charge in [-0.2, -0.15) is 11.8 Å². The van der Waals surface area contributed by atoms with Crippen LogP contribution in [0.1, 0.15) is 30.1 Å². The molecule has 1 amide bonds. The van der Waals surface area contributed by atoms with E-state index in [4.69, 9.17) is 0 Å². The quantitative estimate of drug-likeness (QED) is 0.822. The zero-order valence-corrected chi connectivity index (χ0v) is 14.2. The number of carbonyl (C=O) groups is 1. The summed E-state index contributed by atoms with van der Waals surface area (Å²) < 4.78 is 2.07. The topological polar surface area (TPSA) is 29.1 Å². The normalized spacial score (nSPS) is 23.9. The molecular formula is C11H13Br2NOS2. The minimum Gasteiger partial charge on any atom is -0.351 e. The number of thioether (sulfide) groups is 1. The minimum atomic E-state index is 0.00699. The number of thiophene rings is 1. The summed E-state index contributed by atoms with van der Waals surface area (Å²) >= 11 is 10.3. The molecule has 0 radical (unpaired) electrons. The highest BCUT2D eigenvalue weighted by molar-refractivity contribution is 9.12. The van der Waals surface area contributed by atoms with Gasteiger partial charge in [0, 0.05) is 11.3 Å². The number of hydrogen-bond donors (Lipinski definition) is 1. The van der Waals surface area contributed by atoms with Gasteiger partial charge in [-0.3, -0.25) is 4.79 Å². The fourth-order valence-corrected chi connectivity index (χ4v) is 5.87. The van der Waals surface area contributed by atoms with Crippen molar-refractivity contribution in [2.45, 2.75) is 24.5 Å². The lowest BCUT2D eigenvalue weighted by Crippen LogP contribution is -2.36. The predicted octanol–water partition coefficient (Wildman–Crippen LogP) is 4.29. The van der Waals surface area contributed by atoms with Crippen LogP contribution in [0.4, 0.5) is 0 Å². The molecule has 0 aromatic carbocycles. The molecule has 0 saturated carbocycles. The van der Waals surface area contributed by atoms with Crippen molar-refractivity contribution < 1.29 is 4.79 Å². The van der Waals surface area contributed by atoms with E-state index < -0.39 is 0 Å². The molecule has 0 bridgehead atoms. The van der Waals surface area contributed by atoms with Crippen molar-refractivity contribution >= 4 is 60.9 Å². The van der Waals surface area contributed by atoms with Gasteiger partial charge in [-0.25, -0.2) is 0 Å². The van der Waals surface area contributed by atoms with E-state index >= 15 is 0 Å². The zero-order valence-electron chi connectivity index (χ0n) is 9.39. The van der Waals surface area contributed by atoms with Crippen molar-refractivity contribution in [2.75, 3.05) is 12.3 Å². The van der Waals surface area contributed by atoms with Gasteiger partial charge in [0.1, 0.15) is 0 Å². The van der Waals surface area contributed by atoms with Gasteiger partial charge in [0.05, 0.1) is 13.1 Å². The average molecular weight is 399 g/mol. The molecule has 1 fully saturated rings. The van der Waals surface area contributed by atoms with Gasteiger partial charge in [-0.05, 0) is 63.4 Å². The summed E-state index contributed by atoms with van der Waals surface area (Å²) in [6.45, 7) is 2.97. The SMILES string of the molecule is CC1(CNC(=O)c2cc(Br)sc2Br)CCCS1. The number of amides is 1. The van der Waals surface area contributed by atoms with Gasteiger partial charge in [-0.1, -0.05) is 0 Å². The molecule has 2 rings (SSSR count). The van der Waals surface area contributed by atoms with E-state index in [-0.39, 0.29) is 10.7 Å². The highest BCUT2D eigenvalue weighted by atomic mass is 79.9. The molecule has 1 aromatic rings. The van der Waals surface area contributed by atoms with Gasteiger partial charge in [0.15, 0.2) is 0 Å². The van der Waals surface area contributed by atoms with E-state index in [1.165, 1.54) is 29.9 Å². The van der Waals surface area contributed by atoms with E-state index in [1.54, 1.807) is 0 Å². The van der Waals surface area contributed by atoms with Crippen molar-refractivity contribution in [3.63, 3.8) is 0 Å². The van der Waals surface area contributed by atoms with Crippen molar-refractivity contribution in [3.8, 4) is 0 Å². The maximum absolute atomic E-state index is 12.0. The molecule has 1 N–H and O–H groups in total. The number of hydrogen-bond acceptors (Lipinski definition) is 3. The van der Waals surface area contributed by atoms with Crippen molar-refractivity contribution in [1.82, 2.24) is 5.32 Å². The van der Waals surface area contributed by atoms with Crippen LogP contribution in [0, 0.1) is 0 Å². The number of carbonyl (C=O) groups excluding carboxylic acids is 1. The summed E-state index contributed by atoms with van der Waals surface area (Å²) in [4.78, 5) is 12.0. The molecule has 1 aromatic heterocycles. The first-order valence-corrected chi connectivity index (χ1v) is 8.76. The fourth-order valence-electron chi connectivity index (χ4n) is 1.83. The molecule has 17 heavy (non-hydrogen) atoms. The summed E-state index contributed by atoms with van der Waals surface area (Å²) in [6, 6.07) is 1.86. The second kappa shape index (κ2) is 5.63. The first-order valence-electron chi connectivity index (χ1n) is 5.37. The second-order valence-corrected chi connectivity index (χ2v) is 9.75. The Morgan fingerprint density at radius 2 is 2.35 bits per heavy atom. The highest BCUT2D eigenvalue weighted by Crippen LogP contribution is 2.37. The number of halogens is 2. The lowest BCUT2D eigenvalue weighted by Gasteiger charge is -2.22. The van der Waals surface area contributed by atoms with E-state index in [9.17, 15) is 4.79 Å².